The van der Waals surface area contributed by atoms with Crippen LogP contribution < -0.4 is 20.1 Å². The van der Waals surface area contributed by atoms with E-state index in [1.165, 1.54) is 0 Å². The van der Waals surface area contributed by atoms with E-state index in [4.69, 9.17) is 38.3 Å². The highest BCUT2D eigenvalue weighted by molar-refractivity contribution is 7.80. The van der Waals surface area contributed by atoms with Gasteiger partial charge in [-0.3, -0.25) is 0 Å². The summed E-state index contributed by atoms with van der Waals surface area (Å²) in [6, 6.07) is 19.2. The Morgan fingerprint density at radius 2 is 1.74 bits per heavy atom. The van der Waals surface area contributed by atoms with E-state index >= 15 is 0 Å². The van der Waals surface area contributed by atoms with Gasteiger partial charge in [0.1, 0.15) is 5.82 Å². The summed E-state index contributed by atoms with van der Waals surface area (Å²) < 4.78 is 11.0. The van der Waals surface area contributed by atoms with E-state index in [9.17, 15) is 0 Å². The number of methoxy groups -OCH3 is 2. The number of hydrogen-bond donors (Lipinski definition) is 3. The van der Waals surface area contributed by atoms with Gasteiger partial charge in [-0.15, -0.1) is 0 Å². The number of anilines is 1. The van der Waals surface area contributed by atoms with Gasteiger partial charge in [0.05, 0.1) is 30.9 Å². The van der Waals surface area contributed by atoms with Gasteiger partial charge in [-0.1, -0.05) is 35.9 Å². The molecular formula is C23H21ClN4O2S. The largest absolute Gasteiger partial charge is 0.493 e. The summed E-state index contributed by atoms with van der Waals surface area (Å²) in [4.78, 5) is 8.07. The Morgan fingerprint density at radius 3 is 2.45 bits per heavy atom. The third-order valence-electron chi connectivity index (χ3n) is 4.78. The van der Waals surface area contributed by atoms with E-state index in [2.05, 4.69) is 15.6 Å². The Kier molecular flexibility index (Phi) is 6.25. The predicted octanol–water partition coefficient (Wildman–Crippen LogP) is 5.39. The maximum atomic E-state index is 5.95. The summed E-state index contributed by atoms with van der Waals surface area (Å²) in [7, 11) is 3.20. The zero-order valence-electron chi connectivity index (χ0n) is 17.0. The lowest BCUT2D eigenvalue weighted by atomic mass is 10.1. The molecular weight excluding hydrogens is 432 g/mol. The highest BCUT2D eigenvalue weighted by atomic mass is 35.5. The van der Waals surface area contributed by atoms with Crippen LogP contribution in [0.15, 0.2) is 60.7 Å². The van der Waals surface area contributed by atoms with E-state index in [0.717, 1.165) is 27.8 Å². The molecule has 0 aliphatic carbocycles. The molecule has 0 saturated carbocycles. The fourth-order valence-electron chi connectivity index (χ4n) is 3.21. The average molecular weight is 453 g/mol. The summed E-state index contributed by atoms with van der Waals surface area (Å²) in [5.74, 6) is 1.89. The third kappa shape index (κ3) is 4.73. The first-order valence-corrected chi connectivity index (χ1v) is 10.4. The second-order valence-corrected chi connectivity index (χ2v) is 7.63. The molecule has 31 heavy (non-hydrogen) atoms. The molecule has 3 N–H and O–H groups in total. The topological polar surface area (TPSA) is 71.2 Å². The number of nitrogens with zero attached hydrogens (tertiary/aromatic N) is 1. The molecule has 0 unspecified atom stereocenters. The van der Waals surface area contributed by atoms with Crippen LogP contribution in [0.1, 0.15) is 5.56 Å². The Labute approximate surface area is 190 Å². The van der Waals surface area contributed by atoms with Gasteiger partial charge in [0.15, 0.2) is 16.6 Å². The molecule has 3 aromatic carbocycles. The van der Waals surface area contributed by atoms with Gasteiger partial charge in [0, 0.05) is 23.2 Å². The van der Waals surface area contributed by atoms with Crippen LogP contribution in [0.5, 0.6) is 11.5 Å². The molecule has 0 aliphatic rings. The number of benzene rings is 3. The molecule has 0 aliphatic heterocycles. The van der Waals surface area contributed by atoms with Crippen molar-refractivity contribution in [3.05, 3.63) is 71.2 Å². The third-order valence-corrected chi connectivity index (χ3v) is 5.28. The van der Waals surface area contributed by atoms with Gasteiger partial charge in [0.25, 0.3) is 0 Å². The molecule has 0 bridgehead atoms. The van der Waals surface area contributed by atoms with Crippen molar-refractivity contribution in [1.29, 1.82) is 0 Å². The van der Waals surface area contributed by atoms with Crippen LogP contribution in [0.4, 0.5) is 5.69 Å². The molecule has 0 amide bonds. The van der Waals surface area contributed by atoms with Crippen molar-refractivity contribution in [2.45, 2.75) is 6.54 Å². The van der Waals surface area contributed by atoms with Crippen molar-refractivity contribution in [3.63, 3.8) is 0 Å². The summed E-state index contributed by atoms with van der Waals surface area (Å²) in [6.07, 6.45) is 0. The fraction of sp³-hybridized carbons (Fsp3) is 0.130. The van der Waals surface area contributed by atoms with E-state index < -0.39 is 0 Å². The number of nitrogens with one attached hydrogen (secondary N) is 3. The Bertz CT molecular complexity index is 1190. The lowest BCUT2D eigenvalue weighted by Crippen LogP contribution is -2.28. The van der Waals surface area contributed by atoms with Crippen molar-refractivity contribution < 1.29 is 9.47 Å². The van der Waals surface area contributed by atoms with Crippen LogP contribution in [-0.2, 0) is 6.54 Å². The molecule has 6 nitrogen and oxygen atoms in total. The van der Waals surface area contributed by atoms with Crippen LogP contribution in [0, 0.1) is 0 Å². The van der Waals surface area contributed by atoms with Crippen molar-refractivity contribution in [1.82, 2.24) is 15.3 Å². The molecule has 158 valence electrons. The standard InChI is InChI=1S/C23H21ClN4O2S/c1-29-20-11-16(22-26-17-5-3-4-6-18(17)27-22)19(12-21(20)30-2)28-23(31)25-13-14-7-9-15(24)10-8-14/h3-12H,13H2,1-2H3,(H,26,27)(H2,25,28,31). The Morgan fingerprint density at radius 1 is 1.03 bits per heavy atom. The van der Waals surface area contributed by atoms with Crippen LogP contribution in [0.25, 0.3) is 22.4 Å². The zero-order valence-corrected chi connectivity index (χ0v) is 18.6. The van der Waals surface area contributed by atoms with Crippen LogP contribution >= 0.6 is 23.8 Å². The number of aromatic nitrogens is 2. The minimum Gasteiger partial charge on any atom is -0.493 e. The number of hydrogen-bond acceptors (Lipinski definition) is 4. The molecule has 8 heteroatoms. The highest BCUT2D eigenvalue weighted by Gasteiger charge is 2.16. The van der Waals surface area contributed by atoms with Gasteiger partial charge in [-0.05, 0) is 48.1 Å². The SMILES string of the molecule is COc1cc(NC(=S)NCc2ccc(Cl)cc2)c(-c2nc3ccccc3[nH]2)cc1OC. The Balaban J connectivity index is 1.63. The lowest BCUT2D eigenvalue weighted by Gasteiger charge is -2.16. The predicted molar refractivity (Wildman–Crippen MR) is 129 cm³/mol. The lowest BCUT2D eigenvalue weighted by molar-refractivity contribution is 0.355. The van der Waals surface area contributed by atoms with Crippen molar-refractivity contribution in [3.8, 4) is 22.9 Å². The molecule has 0 radical (unpaired) electrons. The number of halogens is 1. The number of fused-ring (bicyclic) bond motifs is 1. The van der Waals surface area contributed by atoms with Crippen LogP contribution in [0.2, 0.25) is 5.02 Å². The summed E-state index contributed by atoms with van der Waals surface area (Å²) in [5, 5.41) is 7.64. The number of para-hydroxylation sites is 2. The van der Waals surface area contributed by atoms with E-state index in [0.29, 0.717) is 34.0 Å². The van der Waals surface area contributed by atoms with E-state index in [1.807, 2.05) is 60.7 Å². The molecule has 4 aromatic rings. The summed E-state index contributed by atoms with van der Waals surface area (Å²) in [6.45, 7) is 0.566. The normalized spacial score (nSPS) is 10.7. The minimum atomic E-state index is 0.472. The maximum Gasteiger partial charge on any atom is 0.171 e. The molecule has 1 heterocycles. The first-order valence-electron chi connectivity index (χ1n) is 9.58. The number of H-pyrrole nitrogens is 1. The van der Waals surface area contributed by atoms with Crippen LogP contribution in [0.3, 0.4) is 0 Å². The summed E-state index contributed by atoms with van der Waals surface area (Å²) >= 11 is 11.5. The number of imidazole rings is 1. The average Bonchev–Trinajstić information content (AvgIpc) is 3.22. The summed E-state index contributed by atoms with van der Waals surface area (Å²) in [5.41, 5.74) is 4.44. The zero-order chi connectivity index (χ0) is 21.8. The number of ether oxygens (including phenoxy) is 2. The van der Waals surface area contributed by atoms with E-state index in [-0.39, 0.29) is 0 Å². The number of thiocarbonyl (C=S) groups is 1. The maximum absolute atomic E-state index is 5.95. The number of rotatable bonds is 6. The van der Waals surface area contributed by atoms with Gasteiger partial charge in [0.2, 0.25) is 0 Å². The monoisotopic (exact) mass is 452 g/mol. The molecule has 0 saturated heterocycles. The molecule has 1 aromatic heterocycles. The fourth-order valence-corrected chi connectivity index (χ4v) is 3.52. The Hall–Kier alpha value is -3.29. The van der Waals surface area contributed by atoms with E-state index in [1.54, 1.807) is 14.2 Å². The molecule has 0 spiro atoms. The molecule has 4 rings (SSSR count). The first kappa shape index (κ1) is 21.0. The van der Waals surface area contributed by atoms with Crippen molar-refractivity contribution >= 4 is 45.7 Å². The first-order chi connectivity index (χ1) is 15.1. The van der Waals surface area contributed by atoms with Gasteiger partial charge in [-0.2, -0.15) is 0 Å². The second-order valence-electron chi connectivity index (χ2n) is 6.79. The van der Waals surface area contributed by atoms with Crippen molar-refractivity contribution in [2.24, 2.45) is 0 Å². The van der Waals surface area contributed by atoms with Gasteiger partial charge in [-0.25, -0.2) is 4.98 Å². The number of aromatic amines is 1. The smallest absolute Gasteiger partial charge is 0.171 e. The van der Waals surface area contributed by atoms with Gasteiger partial charge >= 0.3 is 0 Å². The van der Waals surface area contributed by atoms with Gasteiger partial charge < -0.3 is 25.1 Å². The minimum absolute atomic E-state index is 0.472. The molecule has 0 fully saturated rings. The van der Waals surface area contributed by atoms with Crippen LogP contribution in [-0.4, -0.2) is 29.3 Å². The molecule has 0 atom stereocenters. The second kappa shape index (κ2) is 9.24. The highest BCUT2D eigenvalue weighted by Crippen LogP contribution is 2.38. The van der Waals surface area contributed by atoms with Crippen molar-refractivity contribution in [2.75, 3.05) is 19.5 Å². The quantitative estimate of drug-likeness (QED) is 0.341.